The van der Waals surface area contributed by atoms with Crippen LogP contribution in [0.15, 0.2) is 0 Å². The maximum atomic E-state index is 11.4. The SMILES string of the molecule is CC[C@H]1C(=O)OP(=O)(O)N(S(=O)O)[C@@H]1C(=O)O. The molecule has 0 aromatic rings. The summed E-state index contributed by atoms with van der Waals surface area (Å²) in [5, 5.41) is 8.88. The molecule has 0 saturated carbocycles. The van der Waals surface area contributed by atoms with Crippen LogP contribution in [0.4, 0.5) is 0 Å². The van der Waals surface area contributed by atoms with Gasteiger partial charge in [-0.3, -0.25) is 14.1 Å². The molecule has 2 unspecified atom stereocenters. The van der Waals surface area contributed by atoms with Gasteiger partial charge in [-0.15, -0.1) is 0 Å². The van der Waals surface area contributed by atoms with Crippen molar-refractivity contribution in [1.82, 2.24) is 4.08 Å². The van der Waals surface area contributed by atoms with Gasteiger partial charge in [-0.05, 0) is 6.42 Å². The minimum absolute atomic E-state index is 0.0104. The summed E-state index contributed by atoms with van der Waals surface area (Å²) in [7, 11) is -4.92. The van der Waals surface area contributed by atoms with E-state index in [-0.39, 0.29) is 10.5 Å². The van der Waals surface area contributed by atoms with Crippen LogP contribution in [0, 0.1) is 5.92 Å². The molecule has 11 heteroatoms. The fraction of sp³-hybridized carbons (Fsp3) is 0.667. The Morgan fingerprint density at radius 1 is 1.65 bits per heavy atom. The molecule has 0 aromatic carbocycles. The third-order valence-corrected chi connectivity index (χ3v) is 4.98. The number of hydrogen-bond acceptors (Lipinski definition) is 5. The quantitative estimate of drug-likeness (QED) is 0.468. The summed E-state index contributed by atoms with van der Waals surface area (Å²) in [4.78, 5) is 31.5. The Kier molecular flexibility index (Phi) is 4.05. The molecule has 3 N–H and O–H groups in total. The number of carbonyl (C=O) groups excluding carboxylic acids is 1. The Hall–Kier alpha value is -0.800. The van der Waals surface area contributed by atoms with E-state index in [0.717, 1.165) is 0 Å². The predicted octanol–water partition coefficient (Wildman–Crippen LogP) is -0.438. The van der Waals surface area contributed by atoms with Crippen molar-refractivity contribution < 1.29 is 37.4 Å². The van der Waals surface area contributed by atoms with Gasteiger partial charge in [-0.2, -0.15) is 0 Å². The third-order valence-electron chi connectivity index (χ3n) is 2.23. The van der Waals surface area contributed by atoms with Crippen molar-refractivity contribution in [3.05, 3.63) is 0 Å². The van der Waals surface area contributed by atoms with E-state index in [1.165, 1.54) is 6.92 Å². The van der Waals surface area contributed by atoms with Gasteiger partial charge in [0.1, 0.15) is 6.04 Å². The topological polar surface area (TPSA) is 141 Å². The van der Waals surface area contributed by atoms with Gasteiger partial charge in [0.2, 0.25) is 11.3 Å². The second-order valence-corrected chi connectivity index (χ2v) is 5.95. The first-order chi connectivity index (χ1) is 7.72. The zero-order valence-corrected chi connectivity index (χ0v) is 10.3. The molecule has 4 atom stereocenters. The lowest BCUT2D eigenvalue weighted by Crippen LogP contribution is -2.51. The van der Waals surface area contributed by atoms with Crippen molar-refractivity contribution in [3.63, 3.8) is 0 Å². The number of hydrogen-bond donors (Lipinski definition) is 3. The fourth-order valence-electron chi connectivity index (χ4n) is 1.51. The second-order valence-electron chi connectivity index (χ2n) is 3.23. The van der Waals surface area contributed by atoms with Crippen LogP contribution in [0.25, 0.3) is 0 Å². The lowest BCUT2D eigenvalue weighted by Gasteiger charge is -2.35. The van der Waals surface area contributed by atoms with Gasteiger partial charge >= 0.3 is 19.7 Å². The number of carbonyl (C=O) groups is 2. The van der Waals surface area contributed by atoms with E-state index >= 15 is 0 Å². The molecule has 0 aliphatic carbocycles. The average Bonchev–Trinajstić information content (AvgIpc) is 2.13. The first-order valence-electron chi connectivity index (χ1n) is 4.42. The van der Waals surface area contributed by atoms with Gasteiger partial charge in [0.05, 0.1) is 5.92 Å². The van der Waals surface area contributed by atoms with E-state index in [0.29, 0.717) is 0 Å². The highest BCUT2D eigenvalue weighted by atomic mass is 32.2. The number of nitrogens with zero attached hydrogens (tertiary/aromatic N) is 1. The van der Waals surface area contributed by atoms with Gasteiger partial charge < -0.3 is 14.5 Å². The minimum atomic E-state index is -4.92. The van der Waals surface area contributed by atoms with E-state index in [9.17, 15) is 23.3 Å². The van der Waals surface area contributed by atoms with E-state index in [1.54, 1.807) is 0 Å². The lowest BCUT2D eigenvalue weighted by molar-refractivity contribution is -0.154. The largest absolute Gasteiger partial charge is 0.480 e. The third kappa shape index (κ3) is 2.55. The molecule has 0 radical (unpaired) electrons. The maximum Gasteiger partial charge on any atom is 0.475 e. The van der Waals surface area contributed by atoms with Crippen molar-refractivity contribution >= 4 is 31.0 Å². The smallest absolute Gasteiger partial charge is 0.475 e. The van der Waals surface area contributed by atoms with Crippen molar-refractivity contribution in [1.29, 1.82) is 0 Å². The normalized spacial score (nSPS) is 36.3. The summed E-state index contributed by atoms with van der Waals surface area (Å²) in [6.07, 6.45) is -0.0104. The van der Waals surface area contributed by atoms with Gasteiger partial charge in [0, 0.05) is 0 Å². The Morgan fingerprint density at radius 3 is 2.53 bits per heavy atom. The van der Waals surface area contributed by atoms with Crippen LogP contribution < -0.4 is 0 Å². The number of rotatable bonds is 3. The van der Waals surface area contributed by atoms with Gasteiger partial charge in [-0.25, -0.2) is 8.77 Å². The molecule has 9 nitrogen and oxygen atoms in total. The van der Waals surface area contributed by atoms with Gasteiger partial charge in [-0.1, -0.05) is 11.0 Å². The number of carboxylic acids is 1. The summed E-state index contributed by atoms with van der Waals surface area (Å²) < 4.78 is 35.2. The van der Waals surface area contributed by atoms with E-state index in [4.69, 9.17) is 9.66 Å². The van der Waals surface area contributed by atoms with Crippen LogP contribution in [-0.4, -0.2) is 40.8 Å². The minimum Gasteiger partial charge on any atom is -0.480 e. The van der Waals surface area contributed by atoms with Gasteiger partial charge in [0.15, 0.2) is 0 Å². The first kappa shape index (κ1) is 14.3. The molecule has 0 bridgehead atoms. The maximum absolute atomic E-state index is 11.4. The zero-order valence-electron chi connectivity index (χ0n) is 8.55. The molecular formula is C6H10NO8PS. The molecule has 0 spiro atoms. The molecule has 1 heterocycles. The second kappa shape index (κ2) is 4.83. The summed E-state index contributed by atoms with van der Waals surface area (Å²) in [6.45, 7) is 1.45. The van der Waals surface area contributed by atoms with Crippen LogP contribution in [0.3, 0.4) is 0 Å². The molecule has 1 saturated heterocycles. The van der Waals surface area contributed by atoms with Crippen molar-refractivity contribution in [2.45, 2.75) is 19.4 Å². The molecular weight excluding hydrogens is 277 g/mol. The van der Waals surface area contributed by atoms with E-state index in [2.05, 4.69) is 4.52 Å². The van der Waals surface area contributed by atoms with E-state index < -0.39 is 42.9 Å². The van der Waals surface area contributed by atoms with Gasteiger partial charge in [0.25, 0.3) is 0 Å². The molecule has 1 aliphatic heterocycles. The predicted molar refractivity (Wildman–Crippen MR) is 53.7 cm³/mol. The highest BCUT2D eigenvalue weighted by Crippen LogP contribution is 2.54. The Bertz CT molecular complexity index is 424. The van der Waals surface area contributed by atoms with Crippen molar-refractivity contribution in [2.24, 2.45) is 5.92 Å². The van der Waals surface area contributed by atoms with Crippen LogP contribution in [0.2, 0.25) is 0 Å². The van der Waals surface area contributed by atoms with Crippen molar-refractivity contribution in [3.8, 4) is 0 Å². The Morgan fingerprint density at radius 2 is 2.18 bits per heavy atom. The first-order valence-corrected chi connectivity index (χ1v) is 7.01. The fourth-order valence-corrected chi connectivity index (χ4v) is 3.77. The summed E-state index contributed by atoms with van der Waals surface area (Å²) in [5.41, 5.74) is 0. The van der Waals surface area contributed by atoms with E-state index in [1.807, 2.05) is 0 Å². The average molecular weight is 287 g/mol. The summed E-state index contributed by atoms with van der Waals surface area (Å²) >= 11 is -3.05. The molecule has 1 fully saturated rings. The molecule has 17 heavy (non-hydrogen) atoms. The van der Waals surface area contributed by atoms with Crippen LogP contribution in [0.5, 0.6) is 0 Å². The number of carboxylic acid groups (broad SMARTS) is 1. The highest BCUT2D eigenvalue weighted by Gasteiger charge is 2.56. The lowest BCUT2D eigenvalue weighted by atomic mass is 9.98. The standard InChI is InChI=1S/C6H10NO8PS/c1-2-3-4(5(8)9)7(17(13)14)16(11,12)15-6(3)10/h3-4H,2H2,1H3,(H,8,9)(H,11,12)(H,13,14)/t3-,4+/m1/s1. The van der Waals surface area contributed by atoms with Crippen LogP contribution >= 0.6 is 7.75 Å². The Labute approximate surface area is 98.4 Å². The number of aliphatic carboxylic acids is 1. The van der Waals surface area contributed by atoms with Crippen LogP contribution in [-0.2, 0) is 29.9 Å². The molecule has 98 valence electrons. The zero-order chi connectivity index (χ0) is 13.4. The molecule has 0 amide bonds. The molecule has 1 rings (SSSR count). The van der Waals surface area contributed by atoms with Crippen molar-refractivity contribution in [2.75, 3.05) is 0 Å². The molecule has 1 aliphatic rings. The highest BCUT2D eigenvalue weighted by molar-refractivity contribution is 7.84. The summed E-state index contributed by atoms with van der Waals surface area (Å²) in [5.74, 6) is -4.10. The molecule has 0 aromatic heterocycles. The van der Waals surface area contributed by atoms with Crippen LogP contribution in [0.1, 0.15) is 13.3 Å². The summed E-state index contributed by atoms with van der Waals surface area (Å²) in [6, 6.07) is -1.87. The Balaban J connectivity index is 3.29. The monoisotopic (exact) mass is 287 g/mol.